The van der Waals surface area contributed by atoms with Crippen LogP contribution in [-0.2, 0) is 35.0 Å². The summed E-state index contributed by atoms with van der Waals surface area (Å²) in [4.78, 5) is 29.2. The SMILES string of the molecule is O=CCc1ccc(C[n+]2ccc(-c3onc(-c4cc[n+](Cc5ccc(CP(=O)(O)O)cc5)cc4)c3-c3ccccc3)cc2)cc1. The molecular formula is C36H32N3O5P+2. The lowest BCUT2D eigenvalue weighted by Gasteiger charge is -2.06. The van der Waals surface area contributed by atoms with Crippen LogP contribution < -0.4 is 9.13 Å². The van der Waals surface area contributed by atoms with E-state index in [9.17, 15) is 19.1 Å². The average Bonchev–Trinajstić information content (AvgIpc) is 3.49. The number of hydrogen-bond donors (Lipinski definition) is 2. The Morgan fingerprint density at radius 2 is 1.16 bits per heavy atom. The highest BCUT2D eigenvalue weighted by Crippen LogP contribution is 2.40. The van der Waals surface area contributed by atoms with Crippen LogP contribution in [0, 0.1) is 0 Å². The van der Waals surface area contributed by atoms with Gasteiger partial charge in [0.25, 0.3) is 0 Å². The number of aromatic nitrogens is 3. The zero-order chi connectivity index (χ0) is 31.2. The third kappa shape index (κ3) is 7.56. The second-order valence-corrected chi connectivity index (χ2v) is 12.6. The van der Waals surface area contributed by atoms with E-state index in [1.807, 2.05) is 108 Å². The van der Waals surface area contributed by atoms with Crippen molar-refractivity contribution in [1.82, 2.24) is 5.16 Å². The molecule has 0 amide bonds. The number of carbonyl (C=O) groups excluding carboxylic acids is 1. The number of rotatable bonds is 11. The van der Waals surface area contributed by atoms with Crippen LogP contribution in [0.15, 0.2) is 132 Å². The molecule has 0 atom stereocenters. The molecule has 0 aliphatic rings. The predicted molar refractivity (Wildman–Crippen MR) is 170 cm³/mol. The topological polar surface area (TPSA) is 108 Å². The Morgan fingerprint density at radius 1 is 0.644 bits per heavy atom. The minimum absolute atomic E-state index is 0.264. The normalized spacial score (nSPS) is 11.4. The van der Waals surface area contributed by atoms with Gasteiger partial charge in [-0.25, -0.2) is 9.13 Å². The third-order valence-electron chi connectivity index (χ3n) is 7.56. The molecule has 0 spiro atoms. The molecule has 0 aliphatic heterocycles. The standard InChI is InChI=1S/C36H30N3O5P/c40-23-18-27-6-8-28(9-7-27)24-39-21-16-33(17-22-39)36-34(31-4-2-1-3-5-31)35(37-44-36)32-14-19-38(20-15-32)25-29-10-12-30(13-11-29)26-45(41,42)43/h1-17,19-23H,18,24-26H2/p+2. The lowest BCUT2D eigenvalue weighted by molar-refractivity contribution is -0.688. The first-order valence-electron chi connectivity index (χ1n) is 14.5. The molecule has 0 fully saturated rings. The molecule has 2 N–H and O–H groups in total. The average molecular weight is 618 g/mol. The number of aldehydes is 1. The minimum Gasteiger partial charge on any atom is -0.355 e. The molecule has 224 valence electrons. The number of benzene rings is 3. The van der Waals surface area contributed by atoms with Crippen LogP contribution in [0.5, 0.6) is 0 Å². The Labute approximate surface area is 261 Å². The molecule has 0 unspecified atom stereocenters. The first kappa shape index (κ1) is 30.0. The van der Waals surface area contributed by atoms with Gasteiger partial charge >= 0.3 is 7.60 Å². The summed E-state index contributed by atoms with van der Waals surface area (Å²) in [6.45, 7) is 1.31. The van der Waals surface area contributed by atoms with Gasteiger partial charge in [0.05, 0.1) is 11.7 Å². The molecule has 45 heavy (non-hydrogen) atoms. The quantitative estimate of drug-likeness (QED) is 0.109. The summed E-state index contributed by atoms with van der Waals surface area (Å²) in [7, 11) is -4.10. The number of pyridine rings is 2. The van der Waals surface area contributed by atoms with Crippen molar-refractivity contribution in [3.8, 4) is 33.7 Å². The van der Waals surface area contributed by atoms with Crippen LogP contribution >= 0.6 is 7.60 Å². The summed E-state index contributed by atoms with van der Waals surface area (Å²) in [6.07, 6.45) is 9.09. The second-order valence-electron chi connectivity index (χ2n) is 10.9. The highest BCUT2D eigenvalue weighted by molar-refractivity contribution is 7.50. The summed E-state index contributed by atoms with van der Waals surface area (Å²) < 4.78 is 21.4. The molecule has 8 nitrogen and oxygen atoms in total. The molecule has 6 aromatic rings. The fraction of sp³-hybridized carbons (Fsp3) is 0.111. The van der Waals surface area contributed by atoms with Gasteiger partial charge in [0.15, 0.2) is 43.6 Å². The molecule has 0 saturated carbocycles. The summed E-state index contributed by atoms with van der Waals surface area (Å²) in [5, 5.41) is 4.53. The third-order valence-corrected chi connectivity index (χ3v) is 8.33. The Bertz CT molecular complexity index is 1930. The van der Waals surface area contributed by atoms with Gasteiger partial charge in [-0.2, -0.15) is 0 Å². The van der Waals surface area contributed by atoms with E-state index in [4.69, 9.17) is 4.52 Å². The van der Waals surface area contributed by atoms with Crippen molar-refractivity contribution in [2.24, 2.45) is 0 Å². The van der Waals surface area contributed by atoms with Crippen LogP contribution in [-0.4, -0.2) is 21.2 Å². The van der Waals surface area contributed by atoms with Gasteiger partial charge in [-0.1, -0.05) is 84.0 Å². The zero-order valence-electron chi connectivity index (χ0n) is 24.4. The number of hydrogen-bond acceptors (Lipinski definition) is 4. The van der Waals surface area contributed by atoms with E-state index in [0.717, 1.165) is 50.9 Å². The maximum atomic E-state index is 11.3. The van der Waals surface area contributed by atoms with Crippen molar-refractivity contribution < 1.29 is 32.8 Å². The van der Waals surface area contributed by atoms with E-state index in [-0.39, 0.29) is 6.16 Å². The van der Waals surface area contributed by atoms with E-state index in [1.54, 1.807) is 12.1 Å². The molecule has 0 aliphatic carbocycles. The van der Waals surface area contributed by atoms with Gasteiger partial charge in [-0.3, -0.25) is 4.57 Å². The van der Waals surface area contributed by atoms with E-state index in [2.05, 4.69) is 21.9 Å². The van der Waals surface area contributed by atoms with Crippen molar-refractivity contribution in [3.63, 3.8) is 0 Å². The number of carbonyl (C=O) groups is 1. The smallest absolute Gasteiger partial charge is 0.329 e. The van der Waals surface area contributed by atoms with Gasteiger partial charge in [0.2, 0.25) is 0 Å². The Hall–Kier alpha value is -5.01. The van der Waals surface area contributed by atoms with Crippen molar-refractivity contribution in [1.29, 1.82) is 0 Å². The van der Waals surface area contributed by atoms with Crippen LogP contribution in [0.3, 0.4) is 0 Å². The van der Waals surface area contributed by atoms with Crippen LogP contribution in [0.1, 0.15) is 22.3 Å². The van der Waals surface area contributed by atoms with E-state index >= 15 is 0 Å². The van der Waals surface area contributed by atoms with Crippen molar-refractivity contribution in [3.05, 3.63) is 150 Å². The second kappa shape index (κ2) is 13.3. The molecule has 0 radical (unpaired) electrons. The zero-order valence-corrected chi connectivity index (χ0v) is 25.3. The van der Waals surface area contributed by atoms with Crippen molar-refractivity contribution >= 4 is 13.9 Å². The molecular weight excluding hydrogens is 585 g/mol. The van der Waals surface area contributed by atoms with Gasteiger partial charge in [0.1, 0.15) is 12.0 Å². The van der Waals surface area contributed by atoms with Crippen LogP contribution in [0.2, 0.25) is 0 Å². The summed E-state index contributed by atoms with van der Waals surface area (Å²) in [6, 6.07) is 33.5. The number of nitrogens with zero attached hydrogens (tertiary/aromatic N) is 3. The molecule has 3 heterocycles. The highest BCUT2D eigenvalue weighted by atomic mass is 31.2. The Kier molecular flexibility index (Phi) is 8.89. The molecule has 9 heteroatoms. The van der Waals surface area contributed by atoms with Crippen LogP contribution in [0.25, 0.3) is 33.7 Å². The lowest BCUT2D eigenvalue weighted by Crippen LogP contribution is -2.33. The van der Waals surface area contributed by atoms with Crippen molar-refractivity contribution in [2.45, 2.75) is 25.7 Å². The molecule has 6 rings (SSSR count). The van der Waals surface area contributed by atoms with Gasteiger partial charge < -0.3 is 19.1 Å². The molecule has 0 bridgehead atoms. The fourth-order valence-corrected chi connectivity index (χ4v) is 5.96. The molecule has 3 aromatic heterocycles. The van der Waals surface area contributed by atoms with E-state index < -0.39 is 7.60 Å². The molecule has 0 saturated heterocycles. The predicted octanol–water partition coefficient (Wildman–Crippen LogP) is 5.77. The van der Waals surface area contributed by atoms with Crippen molar-refractivity contribution in [2.75, 3.05) is 0 Å². The Balaban J connectivity index is 1.23. The molecule has 3 aromatic carbocycles. The Morgan fingerprint density at radius 3 is 1.69 bits per heavy atom. The first-order chi connectivity index (χ1) is 21.8. The summed E-state index contributed by atoms with van der Waals surface area (Å²) in [5.41, 5.74) is 8.28. The van der Waals surface area contributed by atoms with E-state index in [1.165, 1.54) is 0 Å². The maximum absolute atomic E-state index is 11.3. The van der Waals surface area contributed by atoms with E-state index in [0.29, 0.717) is 30.8 Å². The summed E-state index contributed by atoms with van der Waals surface area (Å²) in [5.74, 6) is 0.689. The minimum atomic E-state index is -4.10. The lowest BCUT2D eigenvalue weighted by atomic mass is 9.97. The largest absolute Gasteiger partial charge is 0.355 e. The van der Waals surface area contributed by atoms with Gasteiger partial charge in [-0.05, 0) is 16.7 Å². The van der Waals surface area contributed by atoms with Crippen LogP contribution in [0.4, 0.5) is 0 Å². The first-order valence-corrected chi connectivity index (χ1v) is 16.3. The van der Waals surface area contributed by atoms with Gasteiger partial charge in [0, 0.05) is 52.9 Å². The maximum Gasteiger partial charge on any atom is 0.329 e. The monoisotopic (exact) mass is 617 g/mol. The summed E-state index contributed by atoms with van der Waals surface area (Å²) >= 11 is 0. The fourth-order valence-electron chi connectivity index (χ4n) is 5.28. The highest BCUT2D eigenvalue weighted by Gasteiger charge is 2.22. The van der Waals surface area contributed by atoms with Gasteiger partial charge in [-0.15, -0.1) is 0 Å².